The fraction of sp³-hybridized carbons (Fsp3) is 0.292. The number of esters is 1. The van der Waals surface area contributed by atoms with Crippen LogP contribution < -0.4 is 15.4 Å². The molecule has 0 aliphatic carbocycles. The lowest BCUT2D eigenvalue weighted by atomic mass is 10.0. The Morgan fingerprint density at radius 3 is 2.41 bits per heavy atom. The van der Waals surface area contributed by atoms with Crippen molar-refractivity contribution >= 4 is 23.8 Å². The van der Waals surface area contributed by atoms with Crippen molar-refractivity contribution in [2.45, 2.75) is 26.8 Å². The van der Waals surface area contributed by atoms with E-state index in [0.29, 0.717) is 23.5 Å². The van der Waals surface area contributed by atoms with Crippen LogP contribution in [-0.4, -0.2) is 47.2 Å². The van der Waals surface area contributed by atoms with Gasteiger partial charge >= 0.3 is 12.0 Å². The van der Waals surface area contributed by atoms with Crippen molar-refractivity contribution in [1.29, 1.82) is 0 Å². The van der Waals surface area contributed by atoms with E-state index in [9.17, 15) is 14.4 Å². The van der Waals surface area contributed by atoms with Gasteiger partial charge in [0.1, 0.15) is 11.8 Å². The molecular weight excluding hydrogens is 440 g/mol. The summed E-state index contributed by atoms with van der Waals surface area (Å²) in [5.74, 6) is -1.53. The first-order valence-corrected chi connectivity index (χ1v) is 10.8. The van der Waals surface area contributed by atoms with Gasteiger partial charge in [0.15, 0.2) is 6.61 Å². The van der Waals surface area contributed by atoms with Gasteiger partial charge in [0.2, 0.25) is 5.89 Å². The first-order valence-electron chi connectivity index (χ1n) is 10.8. The van der Waals surface area contributed by atoms with E-state index in [1.54, 1.807) is 50.2 Å². The predicted octanol–water partition coefficient (Wildman–Crippen LogP) is 3.07. The third kappa shape index (κ3) is 6.41. The van der Waals surface area contributed by atoms with Crippen molar-refractivity contribution in [2.24, 2.45) is 5.92 Å². The van der Waals surface area contributed by atoms with Crippen LogP contribution in [0.1, 0.15) is 31.1 Å². The summed E-state index contributed by atoms with van der Waals surface area (Å²) in [5, 5.41) is 12.7. The second-order valence-electron chi connectivity index (χ2n) is 7.56. The van der Waals surface area contributed by atoms with Crippen molar-refractivity contribution < 1.29 is 28.3 Å². The van der Waals surface area contributed by atoms with Gasteiger partial charge in [-0.15, -0.1) is 5.10 Å². The average molecular weight is 466 g/mol. The van der Waals surface area contributed by atoms with Crippen molar-refractivity contribution in [1.82, 2.24) is 15.5 Å². The Morgan fingerprint density at radius 2 is 1.71 bits per heavy atom. The second-order valence-corrected chi connectivity index (χ2v) is 7.56. The molecule has 34 heavy (non-hydrogen) atoms. The van der Waals surface area contributed by atoms with E-state index in [-0.39, 0.29) is 17.8 Å². The van der Waals surface area contributed by atoms with E-state index >= 15 is 0 Å². The third-order valence-electron chi connectivity index (χ3n) is 4.68. The molecule has 1 heterocycles. The van der Waals surface area contributed by atoms with E-state index < -0.39 is 30.4 Å². The van der Waals surface area contributed by atoms with Crippen molar-refractivity contribution in [3.05, 3.63) is 60.2 Å². The van der Waals surface area contributed by atoms with E-state index in [1.807, 2.05) is 25.1 Å². The van der Waals surface area contributed by atoms with Crippen molar-refractivity contribution in [3.8, 4) is 17.2 Å². The molecular formula is C24H26N4O6. The Hall–Kier alpha value is -4.21. The van der Waals surface area contributed by atoms with E-state index in [2.05, 4.69) is 20.8 Å². The Balaban J connectivity index is 1.56. The lowest BCUT2D eigenvalue weighted by Crippen LogP contribution is -2.46. The van der Waals surface area contributed by atoms with Crippen LogP contribution in [0.2, 0.25) is 0 Å². The number of hydrogen-bond acceptors (Lipinski definition) is 8. The third-order valence-corrected chi connectivity index (χ3v) is 4.68. The number of nitrogens with one attached hydrogen (secondary N) is 2. The molecule has 178 valence electrons. The number of nitrogens with zero attached hydrogens (tertiary/aromatic N) is 2. The summed E-state index contributed by atoms with van der Waals surface area (Å²) in [4.78, 5) is 37.6. The minimum absolute atomic E-state index is 0.124. The summed E-state index contributed by atoms with van der Waals surface area (Å²) >= 11 is 0. The summed E-state index contributed by atoms with van der Waals surface area (Å²) in [7, 11) is 0. The Morgan fingerprint density at radius 1 is 1.00 bits per heavy atom. The number of benzene rings is 2. The highest BCUT2D eigenvalue weighted by molar-refractivity contribution is 5.99. The number of carbonyl (C=O) groups excluding carboxylic acids is 3. The van der Waals surface area contributed by atoms with Crippen LogP contribution in [0.5, 0.6) is 5.75 Å². The van der Waals surface area contributed by atoms with Gasteiger partial charge in [-0.25, -0.2) is 4.79 Å². The second kappa shape index (κ2) is 11.6. The molecule has 3 aromatic rings. The maximum absolute atomic E-state index is 12.8. The Labute approximate surface area is 196 Å². The smallest absolute Gasteiger partial charge is 0.329 e. The summed E-state index contributed by atoms with van der Waals surface area (Å²) in [6.07, 6.45) is 0. The number of carbonyl (C=O) groups is 3. The first kappa shape index (κ1) is 24.4. The van der Waals surface area contributed by atoms with Gasteiger partial charge < -0.3 is 19.2 Å². The lowest BCUT2D eigenvalue weighted by molar-refractivity contribution is -0.150. The Kier molecular flexibility index (Phi) is 8.33. The summed E-state index contributed by atoms with van der Waals surface area (Å²) in [6.45, 7) is 5.12. The maximum atomic E-state index is 12.8. The van der Waals surface area contributed by atoms with Gasteiger partial charge in [-0.2, -0.15) is 0 Å². The standard InChI is InChI=1S/C24H26N4O6/c1-4-32-18-13-9-8-12-17(18)21(30)26-20(15(2)3)23(31)33-14-19(29)25-24-28-27-22(34-24)16-10-6-5-7-11-16/h5-13,15,20H,4,14H2,1-3H3,(H,26,30)(H,25,28,29)/t20-/m0/s1. The lowest BCUT2D eigenvalue weighted by Gasteiger charge is -2.21. The van der Waals surface area contributed by atoms with Crippen LogP contribution >= 0.6 is 0 Å². The topological polar surface area (TPSA) is 133 Å². The Bertz CT molecular complexity index is 1130. The van der Waals surface area contributed by atoms with E-state index in [0.717, 1.165) is 0 Å². The SMILES string of the molecule is CCOc1ccccc1C(=O)N[C@H](C(=O)OCC(=O)Nc1nnc(-c2ccccc2)o1)C(C)C. The van der Waals surface area contributed by atoms with Crippen LogP contribution in [-0.2, 0) is 14.3 Å². The molecule has 0 unspecified atom stereocenters. The number of ether oxygens (including phenoxy) is 2. The molecule has 0 saturated carbocycles. The van der Waals surface area contributed by atoms with Crippen molar-refractivity contribution in [2.75, 3.05) is 18.5 Å². The molecule has 2 N–H and O–H groups in total. The van der Waals surface area contributed by atoms with Gasteiger partial charge in [0.05, 0.1) is 12.2 Å². The van der Waals surface area contributed by atoms with E-state index in [4.69, 9.17) is 13.9 Å². The number of amides is 2. The molecule has 2 aromatic carbocycles. The zero-order chi connectivity index (χ0) is 24.5. The zero-order valence-corrected chi connectivity index (χ0v) is 19.1. The zero-order valence-electron chi connectivity index (χ0n) is 19.1. The van der Waals surface area contributed by atoms with Gasteiger partial charge in [0, 0.05) is 5.56 Å². The fourth-order valence-electron chi connectivity index (χ4n) is 3.01. The molecule has 3 rings (SSSR count). The minimum atomic E-state index is -0.969. The highest BCUT2D eigenvalue weighted by atomic mass is 16.5. The van der Waals surface area contributed by atoms with Crippen LogP contribution in [0, 0.1) is 5.92 Å². The fourth-order valence-corrected chi connectivity index (χ4v) is 3.01. The number of rotatable bonds is 10. The molecule has 0 fully saturated rings. The molecule has 0 saturated heterocycles. The quantitative estimate of drug-likeness (QED) is 0.436. The average Bonchev–Trinajstić information content (AvgIpc) is 3.30. The van der Waals surface area contributed by atoms with Crippen LogP contribution in [0.15, 0.2) is 59.0 Å². The summed E-state index contributed by atoms with van der Waals surface area (Å²) in [6, 6.07) is 14.7. The van der Waals surface area contributed by atoms with Gasteiger partial charge in [-0.05, 0) is 37.1 Å². The molecule has 1 aromatic heterocycles. The summed E-state index contributed by atoms with van der Waals surface area (Å²) < 4.78 is 16.0. The van der Waals surface area contributed by atoms with Gasteiger partial charge in [0.25, 0.3) is 11.8 Å². The highest BCUT2D eigenvalue weighted by Crippen LogP contribution is 2.20. The first-order chi connectivity index (χ1) is 16.4. The molecule has 0 radical (unpaired) electrons. The summed E-state index contributed by atoms with van der Waals surface area (Å²) in [5.41, 5.74) is 0.995. The highest BCUT2D eigenvalue weighted by Gasteiger charge is 2.28. The molecule has 0 spiro atoms. The number of para-hydroxylation sites is 1. The maximum Gasteiger partial charge on any atom is 0.329 e. The van der Waals surface area contributed by atoms with Crippen LogP contribution in [0.3, 0.4) is 0 Å². The monoisotopic (exact) mass is 466 g/mol. The largest absolute Gasteiger partial charge is 0.493 e. The van der Waals surface area contributed by atoms with Crippen LogP contribution in [0.4, 0.5) is 6.01 Å². The van der Waals surface area contributed by atoms with Gasteiger partial charge in [-0.3, -0.25) is 14.9 Å². The van der Waals surface area contributed by atoms with E-state index in [1.165, 1.54) is 0 Å². The van der Waals surface area contributed by atoms with Gasteiger partial charge in [-0.1, -0.05) is 49.3 Å². The number of hydrogen-bond donors (Lipinski definition) is 2. The molecule has 1 atom stereocenters. The molecule has 10 nitrogen and oxygen atoms in total. The normalized spacial score (nSPS) is 11.5. The minimum Gasteiger partial charge on any atom is -0.493 e. The molecule has 10 heteroatoms. The molecule has 0 aliphatic heterocycles. The number of aromatic nitrogens is 2. The molecule has 0 aliphatic rings. The van der Waals surface area contributed by atoms with Crippen LogP contribution in [0.25, 0.3) is 11.5 Å². The molecule has 2 amide bonds. The number of anilines is 1. The predicted molar refractivity (Wildman–Crippen MR) is 123 cm³/mol. The molecule has 0 bridgehead atoms. The van der Waals surface area contributed by atoms with Crippen molar-refractivity contribution in [3.63, 3.8) is 0 Å².